The first kappa shape index (κ1) is 18.5. The van der Waals surface area contributed by atoms with Gasteiger partial charge in [-0.25, -0.2) is 0 Å². The van der Waals surface area contributed by atoms with Gasteiger partial charge in [0, 0.05) is 32.4 Å². The van der Waals surface area contributed by atoms with Crippen molar-refractivity contribution in [3.63, 3.8) is 0 Å². The normalized spacial score (nSPS) is 21.2. The van der Waals surface area contributed by atoms with E-state index in [1.54, 1.807) is 35.0 Å². The van der Waals surface area contributed by atoms with Gasteiger partial charge in [0.15, 0.2) is 0 Å². The van der Waals surface area contributed by atoms with Gasteiger partial charge in [0.25, 0.3) is 0 Å². The van der Waals surface area contributed by atoms with Gasteiger partial charge >= 0.3 is 0 Å². The fourth-order valence-corrected chi connectivity index (χ4v) is 3.78. The molecular formula is C18H23Cl2N3O2. The Morgan fingerprint density at radius 3 is 2.60 bits per heavy atom. The molecule has 2 amide bonds. The molecule has 1 aromatic rings. The highest BCUT2D eigenvalue weighted by molar-refractivity contribution is 6.42. The molecule has 0 aromatic heterocycles. The smallest absolute Gasteiger partial charge is 0.239 e. The van der Waals surface area contributed by atoms with E-state index >= 15 is 0 Å². The number of likely N-dealkylation sites (tertiary alicyclic amines) is 1. The molecule has 2 aliphatic rings. The van der Waals surface area contributed by atoms with E-state index in [-0.39, 0.29) is 11.8 Å². The van der Waals surface area contributed by atoms with Gasteiger partial charge in [-0.3, -0.25) is 9.59 Å². The third-order valence-electron chi connectivity index (χ3n) is 5.05. The molecule has 5 nitrogen and oxygen atoms in total. The van der Waals surface area contributed by atoms with Crippen molar-refractivity contribution in [3.05, 3.63) is 28.2 Å². The van der Waals surface area contributed by atoms with Crippen LogP contribution >= 0.6 is 23.2 Å². The summed E-state index contributed by atoms with van der Waals surface area (Å²) in [5, 5.41) is 0.857. The van der Waals surface area contributed by atoms with E-state index < -0.39 is 5.92 Å². The topological polar surface area (TPSA) is 43.9 Å². The van der Waals surface area contributed by atoms with E-state index in [0.717, 1.165) is 19.6 Å². The number of nitrogens with zero attached hydrogens (tertiary/aromatic N) is 3. The van der Waals surface area contributed by atoms with Gasteiger partial charge < -0.3 is 14.7 Å². The van der Waals surface area contributed by atoms with Crippen LogP contribution in [0.1, 0.15) is 19.3 Å². The van der Waals surface area contributed by atoms with Gasteiger partial charge in [-0.15, -0.1) is 0 Å². The van der Waals surface area contributed by atoms with Crippen molar-refractivity contribution in [2.45, 2.75) is 19.3 Å². The molecule has 1 unspecified atom stereocenters. The number of hydrogen-bond acceptors (Lipinski definition) is 3. The molecule has 25 heavy (non-hydrogen) atoms. The number of anilines is 1. The number of carbonyl (C=O) groups excluding carboxylic acids is 2. The predicted molar refractivity (Wildman–Crippen MR) is 100 cm³/mol. The Morgan fingerprint density at radius 2 is 1.92 bits per heavy atom. The van der Waals surface area contributed by atoms with Crippen LogP contribution in [0.4, 0.5) is 5.69 Å². The Hall–Kier alpha value is -1.30. The van der Waals surface area contributed by atoms with Crippen LogP contribution < -0.4 is 4.90 Å². The van der Waals surface area contributed by atoms with Crippen molar-refractivity contribution in [3.8, 4) is 0 Å². The highest BCUT2D eigenvalue weighted by Gasteiger charge is 2.39. The number of carbonyl (C=O) groups is 2. The first-order valence-corrected chi connectivity index (χ1v) is 9.46. The summed E-state index contributed by atoms with van der Waals surface area (Å²) < 4.78 is 0. The molecule has 0 N–H and O–H groups in total. The molecule has 0 bridgehead atoms. The van der Waals surface area contributed by atoms with Crippen LogP contribution in [0, 0.1) is 5.92 Å². The van der Waals surface area contributed by atoms with Crippen molar-refractivity contribution in [1.82, 2.24) is 9.80 Å². The predicted octanol–water partition coefficient (Wildman–Crippen LogP) is 2.90. The van der Waals surface area contributed by atoms with E-state index in [1.807, 2.05) is 0 Å². The van der Waals surface area contributed by atoms with Gasteiger partial charge in [-0.2, -0.15) is 0 Å². The molecule has 0 aliphatic carbocycles. The molecule has 2 aliphatic heterocycles. The van der Waals surface area contributed by atoms with Crippen LogP contribution in [-0.4, -0.2) is 61.4 Å². The Kier molecular flexibility index (Phi) is 5.87. The Bertz CT molecular complexity index is 662. The van der Waals surface area contributed by atoms with E-state index in [4.69, 9.17) is 23.2 Å². The quantitative estimate of drug-likeness (QED) is 0.734. The lowest BCUT2D eigenvalue weighted by Crippen LogP contribution is -2.41. The maximum Gasteiger partial charge on any atom is 0.239 e. The zero-order valence-electron chi connectivity index (χ0n) is 14.4. The second-order valence-corrected chi connectivity index (χ2v) is 7.55. The summed E-state index contributed by atoms with van der Waals surface area (Å²) in [7, 11) is 1.79. The summed E-state index contributed by atoms with van der Waals surface area (Å²) in [6.45, 7) is 4.27. The number of halogens is 2. The standard InChI is InChI=1S/C18H23Cl2N3O2/c1-21(10-11-22-7-2-3-8-22)17(24)14-6-9-23(18(14)25)13-4-5-15(19)16(20)12-13/h4-5,12,14H,2-3,6-11H2,1H3. The SMILES string of the molecule is CN(CCN1CCCC1)C(=O)C1CCN(c2ccc(Cl)c(Cl)c2)C1=O. The van der Waals surface area contributed by atoms with Crippen molar-refractivity contribution in [2.24, 2.45) is 5.92 Å². The van der Waals surface area contributed by atoms with E-state index in [2.05, 4.69) is 4.90 Å². The maximum atomic E-state index is 12.7. The average Bonchev–Trinajstić information content (AvgIpc) is 3.24. The first-order chi connectivity index (χ1) is 12.0. The molecule has 2 saturated heterocycles. The molecule has 1 aromatic carbocycles. The van der Waals surface area contributed by atoms with Crippen molar-refractivity contribution in [2.75, 3.05) is 44.7 Å². The number of likely N-dealkylation sites (N-methyl/N-ethyl adjacent to an activating group) is 1. The summed E-state index contributed by atoms with van der Waals surface area (Å²) in [4.78, 5) is 31.1. The number of hydrogen-bond donors (Lipinski definition) is 0. The lowest BCUT2D eigenvalue weighted by atomic mass is 10.1. The van der Waals surface area contributed by atoms with Crippen LogP contribution in [0.25, 0.3) is 0 Å². The minimum Gasteiger partial charge on any atom is -0.344 e. The molecule has 7 heteroatoms. The molecule has 0 spiro atoms. The molecule has 3 rings (SSSR count). The Morgan fingerprint density at radius 1 is 1.20 bits per heavy atom. The molecular weight excluding hydrogens is 361 g/mol. The van der Waals surface area contributed by atoms with E-state index in [0.29, 0.717) is 35.2 Å². The maximum absolute atomic E-state index is 12.7. The molecule has 1 atom stereocenters. The summed E-state index contributed by atoms with van der Waals surface area (Å²) in [6.07, 6.45) is 3.00. The van der Waals surface area contributed by atoms with Crippen molar-refractivity contribution >= 4 is 40.7 Å². The van der Waals surface area contributed by atoms with Gasteiger partial charge in [0.1, 0.15) is 5.92 Å². The zero-order valence-corrected chi connectivity index (χ0v) is 15.9. The summed E-state index contributed by atoms with van der Waals surface area (Å²) in [5.74, 6) is -0.846. The second kappa shape index (κ2) is 7.94. The third-order valence-corrected chi connectivity index (χ3v) is 5.78. The lowest BCUT2D eigenvalue weighted by Gasteiger charge is -2.24. The number of amides is 2. The minimum atomic E-state index is -0.599. The molecule has 136 valence electrons. The minimum absolute atomic E-state index is 0.0910. The van der Waals surface area contributed by atoms with Crippen LogP contribution in [0.5, 0.6) is 0 Å². The van der Waals surface area contributed by atoms with Crippen LogP contribution in [0.15, 0.2) is 18.2 Å². The van der Waals surface area contributed by atoms with Gasteiger partial charge in [-0.05, 0) is 50.6 Å². The third kappa shape index (κ3) is 4.10. The molecule has 2 heterocycles. The van der Waals surface area contributed by atoms with E-state index in [9.17, 15) is 9.59 Å². The van der Waals surface area contributed by atoms with Gasteiger partial charge in [-0.1, -0.05) is 23.2 Å². The molecule has 2 fully saturated rings. The fourth-order valence-electron chi connectivity index (χ4n) is 3.49. The van der Waals surface area contributed by atoms with Crippen molar-refractivity contribution < 1.29 is 9.59 Å². The summed E-state index contributed by atoms with van der Waals surface area (Å²) in [6, 6.07) is 5.10. The number of rotatable bonds is 5. The van der Waals surface area contributed by atoms with Crippen molar-refractivity contribution in [1.29, 1.82) is 0 Å². The van der Waals surface area contributed by atoms with Gasteiger partial charge in [0.05, 0.1) is 10.0 Å². The first-order valence-electron chi connectivity index (χ1n) is 8.71. The van der Waals surface area contributed by atoms with Gasteiger partial charge in [0.2, 0.25) is 11.8 Å². The average molecular weight is 384 g/mol. The molecule has 0 saturated carbocycles. The van der Waals surface area contributed by atoms with Crippen LogP contribution in [0.2, 0.25) is 10.0 Å². The van der Waals surface area contributed by atoms with Crippen LogP contribution in [0.3, 0.4) is 0 Å². The summed E-state index contributed by atoms with van der Waals surface area (Å²) in [5.41, 5.74) is 0.689. The monoisotopic (exact) mass is 383 g/mol. The summed E-state index contributed by atoms with van der Waals surface area (Å²) >= 11 is 12.0. The van der Waals surface area contributed by atoms with E-state index in [1.165, 1.54) is 12.8 Å². The highest BCUT2D eigenvalue weighted by Crippen LogP contribution is 2.31. The lowest BCUT2D eigenvalue weighted by molar-refractivity contribution is -0.138. The fraction of sp³-hybridized carbons (Fsp3) is 0.556. The Labute approximate surface area is 158 Å². The highest BCUT2D eigenvalue weighted by atomic mass is 35.5. The second-order valence-electron chi connectivity index (χ2n) is 6.74. The number of benzene rings is 1. The molecule has 0 radical (unpaired) electrons. The Balaban J connectivity index is 1.60. The van der Waals surface area contributed by atoms with Crippen LogP contribution in [-0.2, 0) is 9.59 Å². The largest absolute Gasteiger partial charge is 0.344 e. The zero-order chi connectivity index (χ0) is 18.0.